The molecule has 0 aliphatic carbocycles. The van der Waals surface area contributed by atoms with Crippen LogP contribution in [0, 0.1) is 0 Å². The minimum atomic E-state index is 0.568. The number of ether oxygens (including phenoxy) is 2. The Bertz CT molecular complexity index is 389. The zero-order valence-corrected chi connectivity index (χ0v) is 9.87. The SMILES string of the molecule is c1cc2c(cc1NC1CCNCC1)OCCO2. The van der Waals surface area contributed by atoms with Crippen molar-refractivity contribution in [2.75, 3.05) is 31.6 Å². The topological polar surface area (TPSA) is 42.5 Å². The van der Waals surface area contributed by atoms with Crippen LogP contribution in [0.15, 0.2) is 18.2 Å². The van der Waals surface area contributed by atoms with Crippen molar-refractivity contribution in [3.63, 3.8) is 0 Å². The van der Waals surface area contributed by atoms with E-state index < -0.39 is 0 Å². The van der Waals surface area contributed by atoms with E-state index in [0.717, 1.165) is 30.3 Å². The highest BCUT2D eigenvalue weighted by Crippen LogP contribution is 2.33. The minimum Gasteiger partial charge on any atom is -0.486 e. The smallest absolute Gasteiger partial charge is 0.163 e. The molecule has 0 radical (unpaired) electrons. The van der Waals surface area contributed by atoms with Crippen LogP contribution in [-0.4, -0.2) is 32.3 Å². The quantitative estimate of drug-likeness (QED) is 0.816. The summed E-state index contributed by atoms with van der Waals surface area (Å²) in [7, 11) is 0. The van der Waals surface area contributed by atoms with E-state index in [0.29, 0.717) is 19.3 Å². The molecule has 2 aliphatic heterocycles. The Morgan fingerprint density at radius 2 is 1.82 bits per heavy atom. The van der Waals surface area contributed by atoms with Gasteiger partial charge in [0.1, 0.15) is 13.2 Å². The van der Waals surface area contributed by atoms with Gasteiger partial charge in [-0.15, -0.1) is 0 Å². The summed E-state index contributed by atoms with van der Waals surface area (Å²) in [5.41, 5.74) is 1.13. The van der Waals surface area contributed by atoms with Crippen molar-refractivity contribution in [1.82, 2.24) is 5.32 Å². The average Bonchev–Trinajstić information content (AvgIpc) is 2.40. The fraction of sp³-hybridized carbons (Fsp3) is 0.538. The molecule has 2 N–H and O–H groups in total. The van der Waals surface area contributed by atoms with Crippen LogP contribution in [0.1, 0.15) is 12.8 Å². The molecule has 3 rings (SSSR count). The van der Waals surface area contributed by atoms with Gasteiger partial charge in [0.25, 0.3) is 0 Å². The monoisotopic (exact) mass is 234 g/mol. The van der Waals surface area contributed by atoms with E-state index in [9.17, 15) is 0 Å². The summed E-state index contributed by atoms with van der Waals surface area (Å²) in [5.74, 6) is 1.71. The maximum Gasteiger partial charge on any atom is 0.163 e. The van der Waals surface area contributed by atoms with Crippen molar-refractivity contribution in [1.29, 1.82) is 0 Å². The molecule has 0 spiro atoms. The Balaban J connectivity index is 1.70. The molecule has 17 heavy (non-hydrogen) atoms. The Morgan fingerprint density at radius 3 is 2.65 bits per heavy atom. The second-order valence-corrected chi connectivity index (χ2v) is 4.53. The largest absolute Gasteiger partial charge is 0.486 e. The molecular formula is C13H18N2O2. The van der Waals surface area contributed by atoms with Gasteiger partial charge in [0, 0.05) is 17.8 Å². The second-order valence-electron chi connectivity index (χ2n) is 4.53. The van der Waals surface area contributed by atoms with E-state index in [-0.39, 0.29) is 0 Å². The molecule has 0 aromatic heterocycles. The summed E-state index contributed by atoms with van der Waals surface area (Å²) < 4.78 is 11.1. The first-order chi connectivity index (χ1) is 8.42. The first-order valence-corrected chi connectivity index (χ1v) is 6.29. The van der Waals surface area contributed by atoms with Crippen molar-refractivity contribution in [3.05, 3.63) is 18.2 Å². The average molecular weight is 234 g/mol. The summed E-state index contributed by atoms with van der Waals surface area (Å²) in [6, 6.07) is 6.66. The van der Waals surface area contributed by atoms with Gasteiger partial charge in [-0.3, -0.25) is 0 Å². The summed E-state index contributed by atoms with van der Waals surface area (Å²) in [6.07, 6.45) is 2.35. The molecule has 0 unspecified atom stereocenters. The highest BCUT2D eigenvalue weighted by Gasteiger charge is 2.15. The molecule has 0 amide bonds. The Morgan fingerprint density at radius 1 is 1.06 bits per heavy atom. The molecule has 0 bridgehead atoms. The van der Waals surface area contributed by atoms with Crippen LogP contribution >= 0.6 is 0 Å². The first kappa shape index (κ1) is 10.7. The van der Waals surface area contributed by atoms with Crippen LogP contribution in [0.3, 0.4) is 0 Å². The van der Waals surface area contributed by atoms with Crippen LogP contribution in [0.5, 0.6) is 11.5 Å². The molecule has 2 heterocycles. The molecule has 4 heteroatoms. The van der Waals surface area contributed by atoms with Gasteiger partial charge in [-0.25, -0.2) is 0 Å². The Labute approximate surface area is 101 Å². The normalized spacial score (nSPS) is 20.0. The number of hydrogen-bond donors (Lipinski definition) is 2. The lowest BCUT2D eigenvalue weighted by Crippen LogP contribution is -2.35. The van der Waals surface area contributed by atoms with Gasteiger partial charge >= 0.3 is 0 Å². The number of anilines is 1. The van der Waals surface area contributed by atoms with Crippen LogP contribution in [0.4, 0.5) is 5.69 Å². The fourth-order valence-corrected chi connectivity index (χ4v) is 2.34. The zero-order valence-electron chi connectivity index (χ0n) is 9.87. The van der Waals surface area contributed by atoms with E-state index in [1.165, 1.54) is 12.8 Å². The van der Waals surface area contributed by atoms with Crippen molar-refractivity contribution in [3.8, 4) is 11.5 Å². The second kappa shape index (κ2) is 4.84. The third kappa shape index (κ3) is 2.47. The number of nitrogens with one attached hydrogen (secondary N) is 2. The van der Waals surface area contributed by atoms with Gasteiger partial charge < -0.3 is 20.1 Å². The number of benzene rings is 1. The molecule has 92 valence electrons. The molecule has 1 aromatic rings. The van der Waals surface area contributed by atoms with E-state index in [4.69, 9.17) is 9.47 Å². The van der Waals surface area contributed by atoms with Crippen LogP contribution in [-0.2, 0) is 0 Å². The van der Waals surface area contributed by atoms with Crippen molar-refractivity contribution >= 4 is 5.69 Å². The molecule has 2 aliphatic rings. The highest BCUT2D eigenvalue weighted by molar-refractivity contribution is 5.55. The predicted octanol–water partition coefficient (Wildman–Crippen LogP) is 1.62. The maximum atomic E-state index is 5.58. The van der Waals surface area contributed by atoms with Gasteiger partial charge in [-0.2, -0.15) is 0 Å². The summed E-state index contributed by atoms with van der Waals surface area (Å²) in [4.78, 5) is 0. The van der Waals surface area contributed by atoms with E-state index >= 15 is 0 Å². The highest BCUT2D eigenvalue weighted by atomic mass is 16.6. The number of piperidine rings is 1. The van der Waals surface area contributed by atoms with Crippen molar-refractivity contribution < 1.29 is 9.47 Å². The minimum absolute atomic E-state index is 0.568. The molecule has 0 atom stereocenters. The van der Waals surface area contributed by atoms with E-state index in [1.54, 1.807) is 0 Å². The lowest BCUT2D eigenvalue weighted by atomic mass is 10.1. The molecule has 1 saturated heterocycles. The van der Waals surface area contributed by atoms with Crippen molar-refractivity contribution in [2.45, 2.75) is 18.9 Å². The Kier molecular flexibility index (Phi) is 3.05. The van der Waals surface area contributed by atoms with Gasteiger partial charge in [0.05, 0.1) is 0 Å². The summed E-state index contributed by atoms with van der Waals surface area (Å²) in [5, 5.41) is 6.92. The van der Waals surface area contributed by atoms with Gasteiger partial charge in [-0.05, 0) is 38.1 Å². The molecule has 1 aromatic carbocycles. The third-order valence-electron chi connectivity index (χ3n) is 3.25. The summed E-state index contributed by atoms with van der Waals surface area (Å²) >= 11 is 0. The summed E-state index contributed by atoms with van der Waals surface area (Å²) in [6.45, 7) is 3.49. The maximum absolute atomic E-state index is 5.58. The fourth-order valence-electron chi connectivity index (χ4n) is 2.34. The predicted molar refractivity (Wildman–Crippen MR) is 66.9 cm³/mol. The molecular weight excluding hydrogens is 216 g/mol. The number of rotatable bonds is 2. The molecule has 4 nitrogen and oxygen atoms in total. The van der Waals surface area contributed by atoms with Gasteiger partial charge in [-0.1, -0.05) is 0 Å². The van der Waals surface area contributed by atoms with E-state index in [1.807, 2.05) is 12.1 Å². The van der Waals surface area contributed by atoms with Crippen LogP contribution < -0.4 is 20.1 Å². The van der Waals surface area contributed by atoms with E-state index in [2.05, 4.69) is 16.7 Å². The zero-order chi connectivity index (χ0) is 11.5. The molecule has 1 fully saturated rings. The van der Waals surface area contributed by atoms with Gasteiger partial charge in [0.15, 0.2) is 11.5 Å². The Hall–Kier alpha value is -1.42. The van der Waals surface area contributed by atoms with Crippen LogP contribution in [0.25, 0.3) is 0 Å². The first-order valence-electron chi connectivity index (χ1n) is 6.29. The number of fused-ring (bicyclic) bond motifs is 1. The van der Waals surface area contributed by atoms with Gasteiger partial charge in [0.2, 0.25) is 0 Å². The van der Waals surface area contributed by atoms with Crippen molar-refractivity contribution in [2.24, 2.45) is 0 Å². The third-order valence-corrected chi connectivity index (χ3v) is 3.25. The standard InChI is InChI=1S/C13H18N2O2/c1-2-12-13(17-8-7-16-12)9-11(1)15-10-3-5-14-6-4-10/h1-2,9-10,14-15H,3-8H2. The molecule has 0 saturated carbocycles. The van der Waals surface area contributed by atoms with Crippen LogP contribution in [0.2, 0.25) is 0 Å². The lowest BCUT2D eigenvalue weighted by Gasteiger charge is -2.25. The lowest BCUT2D eigenvalue weighted by molar-refractivity contribution is 0.171. The number of hydrogen-bond acceptors (Lipinski definition) is 4.